The van der Waals surface area contributed by atoms with Crippen LogP contribution in [0.15, 0.2) is 24.3 Å². The van der Waals surface area contributed by atoms with Gasteiger partial charge in [0.2, 0.25) is 0 Å². The largest absolute Gasteiger partial charge is 0.385 e. The lowest BCUT2D eigenvalue weighted by molar-refractivity contribution is 0.0528. The second-order valence-electron chi connectivity index (χ2n) is 4.21. The zero-order valence-corrected chi connectivity index (χ0v) is 9.99. The summed E-state index contributed by atoms with van der Waals surface area (Å²) in [5.74, 6) is 0. The van der Waals surface area contributed by atoms with Gasteiger partial charge < -0.3 is 19.8 Å². The Morgan fingerprint density at radius 3 is 2.33 bits per heavy atom. The normalized spacial score (nSPS) is 19.1. The maximum atomic E-state index is 9.68. The summed E-state index contributed by atoms with van der Waals surface area (Å²) in [6.45, 7) is 3.14. The van der Waals surface area contributed by atoms with Gasteiger partial charge in [-0.15, -0.1) is 0 Å². The molecule has 5 nitrogen and oxygen atoms in total. The zero-order chi connectivity index (χ0) is 13.0. The second kappa shape index (κ2) is 5.83. The molecule has 0 aromatic heterocycles. The maximum absolute atomic E-state index is 9.68. The van der Waals surface area contributed by atoms with Crippen LogP contribution in [0.5, 0.6) is 0 Å². The third kappa shape index (κ3) is 2.79. The lowest BCUT2D eigenvalue weighted by Gasteiger charge is -2.29. The monoisotopic (exact) mass is 248 g/mol. The van der Waals surface area contributed by atoms with Gasteiger partial charge in [-0.1, -0.05) is 12.1 Å². The van der Waals surface area contributed by atoms with E-state index < -0.39 is 12.2 Å². The fourth-order valence-electron chi connectivity index (χ4n) is 1.96. The van der Waals surface area contributed by atoms with Gasteiger partial charge in [0.25, 0.3) is 0 Å². The molecule has 1 aromatic rings. The van der Waals surface area contributed by atoms with Crippen LogP contribution in [0.25, 0.3) is 0 Å². The van der Waals surface area contributed by atoms with Crippen LogP contribution < -0.4 is 4.90 Å². The van der Waals surface area contributed by atoms with E-state index in [-0.39, 0.29) is 0 Å². The molecule has 2 rings (SSSR count). The van der Waals surface area contributed by atoms with Gasteiger partial charge in [0.05, 0.1) is 19.3 Å². The van der Waals surface area contributed by atoms with E-state index in [4.69, 9.17) is 10.00 Å². The minimum absolute atomic E-state index is 0.543. The summed E-state index contributed by atoms with van der Waals surface area (Å²) in [7, 11) is 0. The molecule has 0 saturated carbocycles. The highest BCUT2D eigenvalue weighted by molar-refractivity contribution is 5.48. The molecular weight excluding hydrogens is 232 g/mol. The lowest BCUT2D eigenvalue weighted by atomic mass is 10.0. The predicted molar refractivity (Wildman–Crippen MR) is 66.1 cm³/mol. The number of benzene rings is 1. The fourth-order valence-corrected chi connectivity index (χ4v) is 1.96. The van der Waals surface area contributed by atoms with E-state index in [9.17, 15) is 10.2 Å². The van der Waals surface area contributed by atoms with E-state index in [0.29, 0.717) is 5.56 Å². The molecule has 0 bridgehead atoms. The van der Waals surface area contributed by atoms with Gasteiger partial charge >= 0.3 is 0 Å². The van der Waals surface area contributed by atoms with Crippen LogP contribution >= 0.6 is 0 Å². The first-order valence-electron chi connectivity index (χ1n) is 5.91. The van der Waals surface area contributed by atoms with Gasteiger partial charge in [0.15, 0.2) is 6.10 Å². The average molecular weight is 248 g/mol. The zero-order valence-electron chi connectivity index (χ0n) is 9.99. The van der Waals surface area contributed by atoms with Gasteiger partial charge in [-0.3, -0.25) is 0 Å². The number of ether oxygens (including phenoxy) is 1. The SMILES string of the molecule is N#CC(O)C(O)c1ccc(N2CCOCC2)cc1. The number of nitrogens with zero attached hydrogens (tertiary/aromatic N) is 2. The van der Waals surface area contributed by atoms with Crippen molar-refractivity contribution in [2.45, 2.75) is 12.2 Å². The summed E-state index contributed by atoms with van der Waals surface area (Å²) >= 11 is 0. The topological polar surface area (TPSA) is 76.7 Å². The van der Waals surface area contributed by atoms with Crippen molar-refractivity contribution in [1.29, 1.82) is 5.26 Å². The highest BCUT2D eigenvalue weighted by Gasteiger charge is 2.18. The summed E-state index contributed by atoms with van der Waals surface area (Å²) in [6.07, 6.45) is -2.55. The molecule has 1 aliphatic heterocycles. The Morgan fingerprint density at radius 1 is 1.17 bits per heavy atom. The molecule has 0 aliphatic carbocycles. The van der Waals surface area contributed by atoms with Crippen LogP contribution in [0.3, 0.4) is 0 Å². The first kappa shape index (κ1) is 12.8. The van der Waals surface area contributed by atoms with E-state index in [0.717, 1.165) is 32.0 Å². The number of rotatable bonds is 3. The van der Waals surface area contributed by atoms with Crippen molar-refractivity contribution in [3.8, 4) is 6.07 Å². The lowest BCUT2D eigenvalue weighted by Crippen LogP contribution is -2.36. The van der Waals surface area contributed by atoms with Gasteiger partial charge in [-0.2, -0.15) is 5.26 Å². The van der Waals surface area contributed by atoms with E-state index in [1.807, 2.05) is 12.1 Å². The first-order chi connectivity index (χ1) is 8.72. The quantitative estimate of drug-likeness (QED) is 0.759. The number of nitriles is 1. The summed E-state index contributed by atoms with van der Waals surface area (Å²) in [4.78, 5) is 2.19. The van der Waals surface area contributed by atoms with Crippen LogP contribution in [0.4, 0.5) is 5.69 Å². The van der Waals surface area contributed by atoms with Crippen molar-refractivity contribution in [2.75, 3.05) is 31.2 Å². The number of hydrogen-bond acceptors (Lipinski definition) is 5. The Kier molecular flexibility index (Phi) is 4.15. The van der Waals surface area contributed by atoms with Gasteiger partial charge in [0, 0.05) is 18.8 Å². The molecule has 1 saturated heterocycles. The molecule has 1 fully saturated rings. The molecule has 0 radical (unpaired) electrons. The molecule has 2 N–H and O–H groups in total. The van der Waals surface area contributed by atoms with Crippen molar-refractivity contribution in [1.82, 2.24) is 0 Å². The molecule has 0 spiro atoms. The number of aliphatic hydroxyl groups excluding tert-OH is 2. The third-order valence-corrected chi connectivity index (χ3v) is 3.04. The van der Waals surface area contributed by atoms with Crippen LogP contribution in [0.2, 0.25) is 0 Å². The highest BCUT2D eigenvalue weighted by atomic mass is 16.5. The Bertz CT molecular complexity index is 421. The summed E-state index contributed by atoms with van der Waals surface area (Å²) in [6, 6.07) is 8.85. The molecule has 2 unspecified atom stereocenters. The highest BCUT2D eigenvalue weighted by Crippen LogP contribution is 2.21. The van der Waals surface area contributed by atoms with E-state index in [2.05, 4.69) is 4.90 Å². The van der Waals surface area contributed by atoms with Crippen molar-refractivity contribution in [2.24, 2.45) is 0 Å². The smallest absolute Gasteiger partial charge is 0.170 e. The predicted octanol–water partition coefficient (Wildman–Crippen LogP) is 0.441. The minimum Gasteiger partial charge on any atom is -0.385 e. The molecule has 96 valence electrons. The molecular formula is C13H16N2O3. The molecule has 1 aromatic carbocycles. The van der Waals surface area contributed by atoms with Crippen molar-refractivity contribution >= 4 is 5.69 Å². The van der Waals surface area contributed by atoms with Crippen molar-refractivity contribution in [3.63, 3.8) is 0 Å². The Morgan fingerprint density at radius 2 is 1.78 bits per heavy atom. The van der Waals surface area contributed by atoms with E-state index >= 15 is 0 Å². The average Bonchev–Trinajstić information content (AvgIpc) is 2.47. The minimum atomic E-state index is -1.39. The van der Waals surface area contributed by atoms with Gasteiger partial charge in [0.1, 0.15) is 6.10 Å². The van der Waals surface area contributed by atoms with Gasteiger partial charge in [-0.05, 0) is 17.7 Å². The number of anilines is 1. The van der Waals surface area contributed by atoms with E-state index in [1.165, 1.54) is 0 Å². The molecule has 2 atom stereocenters. The number of hydrogen-bond donors (Lipinski definition) is 2. The molecule has 0 amide bonds. The third-order valence-electron chi connectivity index (χ3n) is 3.04. The molecule has 5 heteroatoms. The summed E-state index contributed by atoms with van der Waals surface area (Å²) in [5, 5.41) is 27.5. The van der Waals surface area contributed by atoms with Crippen molar-refractivity contribution < 1.29 is 14.9 Å². The molecule has 1 heterocycles. The van der Waals surface area contributed by atoms with E-state index in [1.54, 1.807) is 18.2 Å². The summed E-state index contributed by atoms with van der Waals surface area (Å²) < 4.78 is 5.28. The fraction of sp³-hybridized carbons (Fsp3) is 0.462. The number of aliphatic hydroxyl groups is 2. The first-order valence-corrected chi connectivity index (χ1v) is 5.91. The Hall–Kier alpha value is -1.61. The van der Waals surface area contributed by atoms with Crippen LogP contribution in [0, 0.1) is 11.3 Å². The van der Waals surface area contributed by atoms with Gasteiger partial charge in [-0.25, -0.2) is 0 Å². The Balaban J connectivity index is 2.07. The standard InChI is InChI=1S/C13H16N2O3/c14-9-12(16)13(17)10-1-3-11(4-2-10)15-5-7-18-8-6-15/h1-4,12-13,16-17H,5-8H2. The molecule has 18 heavy (non-hydrogen) atoms. The van der Waals surface area contributed by atoms with Crippen molar-refractivity contribution in [3.05, 3.63) is 29.8 Å². The molecule has 1 aliphatic rings. The second-order valence-corrected chi connectivity index (χ2v) is 4.21. The van der Waals surface area contributed by atoms with Crippen LogP contribution in [0.1, 0.15) is 11.7 Å². The maximum Gasteiger partial charge on any atom is 0.170 e. The number of morpholine rings is 1. The summed E-state index contributed by atoms with van der Waals surface area (Å²) in [5.41, 5.74) is 1.60. The van der Waals surface area contributed by atoms with Crippen LogP contribution in [-0.2, 0) is 4.74 Å². The Labute approximate surface area is 106 Å². The van der Waals surface area contributed by atoms with Crippen LogP contribution in [-0.4, -0.2) is 42.6 Å².